The first-order valence-corrected chi connectivity index (χ1v) is 22.6. The van der Waals surface area contributed by atoms with Crippen LogP contribution in [0.3, 0.4) is 0 Å². The van der Waals surface area contributed by atoms with Crippen LogP contribution in [0.2, 0.25) is 0 Å². The van der Waals surface area contributed by atoms with Crippen LogP contribution >= 0.6 is 8.20 Å². The zero-order chi connectivity index (χ0) is 35.9. The molecule has 0 amide bonds. The first kappa shape index (κ1) is 46.0. The topological polar surface area (TPSA) is 43.4 Å². The molecule has 0 saturated heterocycles. The van der Waals surface area contributed by atoms with E-state index in [4.69, 9.17) is 4.74 Å². The maximum Gasteiger partial charge on any atom is 0.272 e. The van der Waals surface area contributed by atoms with Crippen molar-refractivity contribution in [2.24, 2.45) is 0 Å². The van der Waals surface area contributed by atoms with E-state index in [2.05, 4.69) is 35.0 Å². The summed E-state index contributed by atoms with van der Waals surface area (Å²) < 4.78 is 6.94. The van der Waals surface area contributed by atoms with E-state index >= 15 is 0 Å². The number of likely N-dealkylation sites (N-methyl/N-ethyl adjacent to an activating group) is 1. The quantitative estimate of drug-likeness (QED) is 0.0278. The number of allylic oxidation sites excluding steroid dienone is 1. The smallest absolute Gasteiger partial charge is 0.272 e. The molecule has 49 heavy (non-hydrogen) atoms. The molecule has 0 aromatic carbocycles. The summed E-state index contributed by atoms with van der Waals surface area (Å²) in [6.45, 7) is 4.96. The molecule has 1 aliphatic heterocycles. The lowest BCUT2D eigenvalue weighted by Gasteiger charge is -2.38. The maximum absolute atomic E-state index is 14.0. The van der Waals surface area contributed by atoms with E-state index in [1.807, 2.05) is 11.6 Å². The summed E-state index contributed by atoms with van der Waals surface area (Å²) in [5.41, 5.74) is -1.36. The molecular formula is C44H83NO3P+. The van der Waals surface area contributed by atoms with Gasteiger partial charge in [-0.2, -0.15) is 0 Å². The predicted molar refractivity (Wildman–Crippen MR) is 217 cm³/mol. The summed E-state index contributed by atoms with van der Waals surface area (Å²) in [7, 11) is 7.29. The minimum atomic E-state index is -1.36. The van der Waals surface area contributed by atoms with Crippen LogP contribution in [0.1, 0.15) is 219 Å². The Balaban J connectivity index is 2.35. The van der Waals surface area contributed by atoms with Crippen molar-refractivity contribution in [1.29, 1.82) is 0 Å². The number of Topliss-reactive ketones (excluding diaryl/α,β-unsaturated/α-hetero) is 2. The molecule has 4 nitrogen and oxygen atoms in total. The van der Waals surface area contributed by atoms with Gasteiger partial charge in [-0.1, -0.05) is 202 Å². The summed E-state index contributed by atoms with van der Waals surface area (Å²) >= 11 is 0. The Kier molecular flexibility index (Phi) is 28.8. The number of ketones is 2. The van der Waals surface area contributed by atoms with Gasteiger partial charge >= 0.3 is 0 Å². The van der Waals surface area contributed by atoms with Crippen molar-refractivity contribution in [2.45, 2.75) is 225 Å². The monoisotopic (exact) mass is 705 g/mol. The van der Waals surface area contributed by atoms with Crippen molar-refractivity contribution in [3.8, 4) is 0 Å². The highest BCUT2D eigenvalue weighted by Gasteiger charge is 2.51. The number of hydrogen-bond acceptors (Lipinski definition) is 3. The molecule has 0 aromatic rings. The van der Waals surface area contributed by atoms with Gasteiger partial charge in [-0.05, 0) is 12.8 Å². The second-order valence-corrected chi connectivity index (χ2v) is 17.2. The summed E-state index contributed by atoms with van der Waals surface area (Å²) in [6, 6.07) is 0. The number of nitrogens with zero attached hydrogens (tertiary/aromatic N) is 1. The number of unbranched alkanes of at least 4 members (excludes halogenated alkanes) is 28. The van der Waals surface area contributed by atoms with Crippen molar-refractivity contribution in [1.82, 2.24) is 0 Å². The molecule has 286 valence electrons. The Morgan fingerprint density at radius 3 is 1.00 bits per heavy atom. The molecule has 0 bridgehead atoms. The molecule has 0 aromatic heterocycles. The van der Waals surface area contributed by atoms with E-state index in [9.17, 15) is 9.59 Å². The SMILES string of the molecule is CCCCCCCCCCCCCCCCCC(=O)C(C[N+](C)(C)C)(OC1=CP=C1)C(=O)CCCCCCCCCCCCCCCCC. The number of rotatable bonds is 38. The predicted octanol–water partition coefficient (Wildman–Crippen LogP) is 13.7. The molecule has 5 heteroatoms. The fourth-order valence-corrected chi connectivity index (χ4v) is 7.63. The Bertz CT molecular complexity index is 828. The molecular weight excluding hydrogens is 621 g/mol. The molecule has 1 aliphatic rings. The van der Waals surface area contributed by atoms with Gasteiger partial charge in [-0.15, -0.1) is 0 Å². The number of hydrogen-bond donors (Lipinski definition) is 0. The lowest BCUT2D eigenvalue weighted by Crippen LogP contribution is -2.60. The first-order valence-electron chi connectivity index (χ1n) is 21.5. The second-order valence-electron chi connectivity index (χ2n) is 16.4. The van der Waals surface area contributed by atoms with Crippen LogP contribution in [0.25, 0.3) is 0 Å². The van der Waals surface area contributed by atoms with E-state index < -0.39 is 5.60 Å². The van der Waals surface area contributed by atoms with E-state index in [0.717, 1.165) is 33.9 Å². The van der Waals surface area contributed by atoms with Crippen LogP contribution in [-0.4, -0.2) is 55.1 Å². The second kappa shape index (κ2) is 30.6. The van der Waals surface area contributed by atoms with Crippen LogP contribution in [0.5, 0.6) is 0 Å². The molecule has 0 aliphatic carbocycles. The average molecular weight is 705 g/mol. The Labute approximate surface area is 307 Å². The minimum Gasteiger partial charge on any atom is -0.465 e. The molecule has 0 atom stereocenters. The van der Waals surface area contributed by atoms with E-state index in [1.54, 1.807) is 0 Å². The van der Waals surface area contributed by atoms with Crippen molar-refractivity contribution in [3.63, 3.8) is 0 Å². The number of quaternary nitrogens is 1. The highest BCUT2D eigenvalue weighted by Crippen LogP contribution is 2.30. The number of carbonyl (C=O) groups excluding carboxylic acids is 2. The third kappa shape index (κ3) is 24.8. The normalized spacial score (nSPS) is 13.4. The summed E-state index contributed by atoms with van der Waals surface area (Å²) in [5.74, 6) is 4.67. The lowest BCUT2D eigenvalue weighted by atomic mass is 9.85. The van der Waals surface area contributed by atoms with Crippen LogP contribution in [0, 0.1) is 0 Å². The van der Waals surface area contributed by atoms with Crippen LogP contribution in [0.4, 0.5) is 0 Å². The highest BCUT2D eigenvalue weighted by molar-refractivity contribution is 7.45. The first-order chi connectivity index (χ1) is 23.7. The molecule has 1 rings (SSSR count). The van der Waals surface area contributed by atoms with Crippen LogP contribution in [0.15, 0.2) is 11.6 Å². The minimum absolute atomic E-state index is 0.000861. The highest BCUT2D eigenvalue weighted by atomic mass is 31.1. The van der Waals surface area contributed by atoms with Gasteiger partial charge in [0.2, 0.25) is 0 Å². The Morgan fingerprint density at radius 1 is 0.510 bits per heavy atom. The Hall–Kier alpha value is -0.990. The largest absolute Gasteiger partial charge is 0.465 e. The molecule has 0 fully saturated rings. The van der Waals surface area contributed by atoms with Gasteiger partial charge in [0.1, 0.15) is 12.3 Å². The average Bonchev–Trinajstić information content (AvgIpc) is 3.05. The van der Waals surface area contributed by atoms with Gasteiger partial charge in [-0.25, -0.2) is 0 Å². The fourth-order valence-electron chi connectivity index (χ4n) is 7.25. The summed E-state index contributed by atoms with van der Waals surface area (Å²) in [4.78, 5) is 27.9. The lowest BCUT2D eigenvalue weighted by molar-refractivity contribution is -0.874. The van der Waals surface area contributed by atoms with Gasteiger partial charge in [-0.3, -0.25) is 9.59 Å². The van der Waals surface area contributed by atoms with Crippen molar-refractivity contribution < 1.29 is 18.8 Å². The third-order valence-electron chi connectivity index (χ3n) is 10.3. The van der Waals surface area contributed by atoms with Crippen LogP contribution in [-0.2, 0) is 14.3 Å². The molecule has 0 radical (unpaired) electrons. The standard InChI is InChI=1S/C44H83NO3P/c1-6-8-10-12-14-16-18-20-22-24-26-28-30-32-34-36-42(46)44(40-45(3,4)5,48-41-38-49-39-41)43(47)37-35-33-31-29-27-25-23-21-19-17-15-13-11-9-7-2/h38-39H,6-37,40H2,1-5H3/q+1. The van der Waals surface area contributed by atoms with Gasteiger partial charge in [0, 0.05) is 24.5 Å². The zero-order valence-electron chi connectivity index (χ0n) is 33.6. The summed E-state index contributed by atoms with van der Waals surface area (Å²) in [6.07, 6.45) is 40.0. The van der Waals surface area contributed by atoms with E-state index in [0.29, 0.717) is 29.6 Å². The fraction of sp³-hybridized carbons (Fsp3) is 0.886. The molecule has 1 heterocycles. The maximum atomic E-state index is 14.0. The summed E-state index contributed by atoms with van der Waals surface area (Å²) in [5, 5.41) is 0. The number of carbonyl (C=O) groups is 2. The molecule has 0 unspecified atom stereocenters. The van der Waals surface area contributed by atoms with Gasteiger partial charge in [0.15, 0.2) is 11.6 Å². The van der Waals surface area contributed by atoms with Crippen molar-refractivity contribution in [2.75, 3.05) is 27.7 Å². The van der Waals surface area contributed by atoms with Gasteiger partial charge in [0.05, 0.1) is 21.1 Å². The zero-order valence-corrected chi connectivity index (χ0v) is 34.5. The Morgan fingerprint density at radius 2 is 0.776 bits per heavy atom. The van der Waals surface area contributed by atoms with Crippen molar-refractivity contribution >= 4 is 25.6 Å². The molecule has 0 N–H and O–H groups in total. The van der Waals surface area contributed by atoms with E-state index in [-0.39, 0.29) is 11.6 Å². The third-order valence-corrected chi connectivity index (χ3v) is 11.1. The van der Waals surface area contributed by atoms with Gasteiger partial charge < -0.3 is 9.22 Å². The number of ether oxygens (including phenoxy) is 1. The van der Waals surface area contributed by atoms with Crippen LogP contribution < -0.4 is 0 Å². The van der Waals surface area contributed by atoms with Gasteiger partial charge in [0.25, 0.3) is 5.60 Å². The molecule has 0 saturated carbocycles. The van der Waals surface area contributed by atoms with Crippen molar-refractivity contribution in [3.05, 3.63) is 11.6 Å². The van der Waals surface area contributed by atoms with E-state index in [1.165, 1.54) is 167 Å². The molecule has 0 spiro atoms.